The van der Waals surface area contributed by atoms with Crippen LogP contribution in [0.15, 0.2) is 87.5 Å². The second-order valence-corrected chi connectivity index (χ2v) is 14.6. The summed E-state index contributed by atoms with van der Waals surface area (Å²) in [4.78, 5) is 0.260. The van der Waals surface area contributed by atoms with E-state index < -0.39 is 42.6 Å². The fraction of sp³-hybridized carbons (Fsp3) is 0.379. The van der Waals surface area contributed by atoms with Gasteiger partial charge < -0.3 is 5.11 Å². The van der Waals surface area contributed by atoms with Gasteiger partial charge in [0.05, 0.1) is 40.1 Å². The van der Waals surface area contributed by atoms with Crippen LogP contribution in [0.5, 0.6) is 0 Å². The van der Waals surface area contributed by atoms with Gasteiger partial charge in [-0.3, -0.25) is 12.5 Å². The molecular weight excluding hydrogens is 605 g/mol. The largest absolute Gasteiger partial charge is 0.393 e. The molecule has 0 unspecified atom stereocenters. The van der Waals surface area contributed by atoms with Crippen LogP contribution in [-0.4, -0.2) is 55.8 Å². The molecule has 0 heterocycles. The summed E-state index contributed by atoms with van der Waals surface area (Å²) in [6.45, 7) is 8.53. The summed E-state index contributed by atoms with van der Waals surface area (Å²) in [6.07, 6.45) is -0.885. The van der Waals surface area contributed by atoms with Gasteiger partial charge in [0, 0.05) is 0 Å². The van der Waals surface area contributed by atoms with Crippen molar-refractivity contribution >= 4 is 30.4 Å². The maximum absolute atomic E-state index is 12.2. The van der Waals surface area contributed by atoms with Crippen molar-refractivity contribution in [1.29, 1.82) is 0 Å². The van der Waals surface area contributed by atoms with Crippen LogP contribution in [-0.2, 0) is 42.9 Å². The number of aryl methyl sites for hydroxylation is 3. The van der Waals surface area contributed by atoms with Gasteiger partial charge >= 0.3 is 0 Å². The third kappa shape index (κ3) is 11.9. The molecule has 0 aliphatic rings. The molecule has 0 aromatic heterocycles. The van der Waals surface area contributed by atoms with Gasteiger partial charge in [-0.25, -0.2) is 0 Å². The molecule has 0 radical (unpaired) electrons. The summed E-state index contributed by atoms with van der Waals surface area (Å²) in [5.41, 5.74) is 2.86. The van der Waals surface area contributed by atoms with Crippen molar-refractivity contribution < 1.29 is 42.9 Å². The van der Waals surface area contributed by atoms with Gasteiger partial charge in [-0.1, -0.05) is 53.1 Å². The van der Waals surface area contributed by atoms with Gasteiger partial charge in [-0.2, -0.15) is 25.3 Å². The number of hydrogen-bond donors (Lipinski definition) is 1. The molecule has 0 aliphatic carbocycles. The molecule has 232 valence electrons. The van der Waals surface area contributed by atoms with Crippen molar-refractivity contribution in [3.05, 3.63) is 89.5 Å². The van der Waals surface area contributed by atoms with E-state index in [1.54, 1.807) is 50.2 Å². The normalized spacial score (nSPS) is 13.6. The molecule has 0 aliphatic heterocycles. The van der Waals surface area contributed by atoms with E-state index in [-0.39, 0.29) is 34.3 Å². The Balaban J connectivity index is 0.000000330. The molecule has 0 saturated heterocycles. The van der Waals surface area contributed by atoms with E-state index in [0.29, 0.717) is 6.42 Å². The summed E-state index contributed by atoms with van der Waals surface area (Å²) in [7, 11) is -11.5. The number of aliphatic hydroxyl groups is 1. The Morgan fingerprint density at radius 1 is 0.548 bits per heavy atom. The molecule has 1 N–H and O–H groups in total. The zero-order valence-corrected chi connectivity index (χ0v) is 26.7. The van der Waals surface area contributed by atoms with E-state index in [1.807, 2.05) is 20.8 Å². The lowest BCUT2D eigenvalue weighted by Crippen LogP contribution is -2.18. The van der Waals surface area contributed by atoms with Gasteiger partial charge in [0.1, 0.15) is 0 Å². The quantitative estimate of drug-likeness (QED) is 0.261. The van der Waals surface area contributed by atoms with Crippen LogP contribution in [0.25, 0.3) is 0 Å². The minimum Gasteiger partial charge on any atom is -0.393 e. The van der Waals surface area contributed by atoms with E-state index in [9.17, 15) is 25.3 Å². The van der Waals surface area contributed by atoms with Gasteiger partial charge in [0.25, 0.3) is 30.4 Å². The third-order valence-electron chi connectivity index (χ3n) is 5.76. The maximum atomic E-state index is 12.2. The number of benzene rings is 3. The van der Waals surface area contributed by atoms with E-state index in [1.165, 1.54) is 36.4 Å². The SMILES string of the molecule is Cc1ccc(S(=O)(=O)OCC[C@@H](C)O)cc1.Cc1ccc(S(=O)(=O)OCC[C@@H](C)OS(=O)(=O)c2ccc(C)cc2)cc1. The summed E-state index contributed by atoms with van der Waals surface area (Å²) >= 11 is 0. The first kappa shape index (κ1) is 35.5. The average molecular weight is 643 g/mol. The van der Waals surface area contributed by atoms with Crippen molar-refractivity contribution in [1.82, 2.24) is 0 Å². The standard InChI is InChI=1S/C18H22O6S2.C11H16O4S/c1-14-4-8-17(9-5-14)25(19,20)23-13-12-16(3)24-26(21,22)18-10-6-15(2)7-11-18;1-9-3-5-11(6-4-9)16(13,14)15-8-7-10(2)12/h4-11,16H,12-13H2,1-3H3;3-6,10,12H,7-8H2,1-2H3/t16-;10-/m11/s1. The Hall–Kier alpha value is -2.65. The van der Waals surface area contributed by atoms with Crippen LogP contribution in [0.4, 0.5) is 0 Å². The fourth-order valence-electron chi connectivity index (χ4n) is 3.22. The molecule has 42 heavy (non-hydrogen) atoms. The Bertz CT molecular complexity index is 1580. The molecule has 0 fully saturated rings. The molecule has 3 aromatic carbocycles. The average Bonchev–Trinajstić information content (AvgIpc) is 2.89. The van der Waals surface area contributed by atoms with Crippen molar-refractivity contribution in [2.24, 2.45) is 0 Å². The van der Waals surface area contributed by atoms with Gasteiger partial charge in [0.2, 0.25) is 0 Å². The molecule has 3 aromatic rings. The van der Waals surface area contributed by atoms with Gasteiger partial charge in [-0.05, 0) is 83.9 Å². The monoisotopic (exact) mass is 642 g/mol. The molecule has 0 amide bonds. The van der Waals surface area contributed by atoms with Crippen LogP contribution < -0.4 is 0 Å². The van der Waals surface area contributed by atoms with Crippen molar-refractivity contribution in [3.63, 3.8) is 0 Å². The van der Waals surface area contributed by atoms with Crippen LogP contribution in [0.1, 0.15) is 43.4 Å². The fourth-order valence-corrected chi connectivity index (χ4v) is 6.17. The van der Waals surface area contributed by atoms with Crippen molar-refractivity contribution in [2.45, 2.75) is 74.4 Å². The maximum Gasteiger partial charge on any atom is 0.297 e. The lowest BCUT2D eigenvalue weighted by molar-refractivity contribution is 0.157. The highest BCUT2D eigenvalue weighted by atomic mass is 32.2. The van der Waals surface area contributed by atoms with Crippen LogP contribution in [0.2, 0.25) is 0 Å². The topological polar surface area (TPSA) is 150 Å². The highest BCUT2D eigenvalue weighted by Gasteiger charge is 2.21. The van der Waals surface area contributed by atoms with Crippen LogP contribution in [0, 0.1) is 20.8 Å². The summed E-state index contributed by atoms with van der Waals surface area (Å²) in [5, 5.41) is 8.98. The van der Waals surface area contributed by atoms with E-state index >= 15 is 0 Å². The predicted octanol–water partition coefficient (Wildman–Crippen LogP) is 4.66. The molecule has 3 rings (SSSR count). The zero-order valence-electron chi connectivity index (χ0n) is 24.3. The molecule has 0 saturated carbocycles. The highest BCUT2D eigenvalue weighted by Crippen LogP contribution is 2.18. The first-order valence-electron chi connectivity index (χ1n) is 13.1. The Kier molecular flexibility index (Phi) is 13.3. The first-order valence-corrected chi connectivity index (χ1v) is 17.3. The Morgan fingerprint density at radius 3 is 1.19 bits per heavy atom. The van der Waals surface area contributed by atoms with Gasteiger partial charge in [0.15, 0.2) is 0 Å². The van der Waals surface area contributed by atoms with E-state index in [2.05, 4.69) is 0 Å². The minimum atomic E-state index is -3.90. The Labute approximate surface area is 249 Å². The molecule has 10 nitrogen and oxygen atoms in total. The third-order valence-corrected chi connectivity index (χ3v) is 9.84. The Morgan fingerprint density at radius 2 is 0.857 bits per heavy atom. The summed E-state index contributed by atoms with van der Waals surface area (Å²) in [6, 6.07) is 19.0. The van der Waals surface area contributed by atoms with Gasteiger partial charge in [-0.15, -0.1) is 0 Å². The second-order valence-electron chi connectivity index (χ2n) is 9.78. The molecule has 2 atom stereocenters. The second kappa shape index (κ2) is 15.7. The predicted molar refractivity (Wildman–Crippen MR) is 158 cm³/mol. The van der Waals surface area contributed by atoms with E-state index in [4.69, 9.17) is 17.7 Å². The number of aliphatic hydroxyl groups excluding tert-OH is 1. The lowest BCUT2D eigenvalue weighted by atomic mass is 10.2. The smallest absolute Gasteiger partial charge is 0.297 e. The first-order chi connectivity index (χ1) is 19.5. The lowest BCUT2D eigenvalue weighted by Gasteiger charge is -2.13. The highest BCUT2D eigenvalue weighted by molar-refractivity contribution is 7.87. The van der Waals surface area contributed by atoms with E-state index in [0.717, 1.165) is 16.7 Å². The molecule has 0 spiro atoms. The van der Waals surface area contributed by atoms with Crippen LogP contribution in [0.3, 0.4) is 0 Å². The molecule has 13 heteroatoms. The van der Waals surface area contributed by atoms with Crippen molar-refractivity contribution in [2.75, 3.05) is 13.2 Å². The zero-order chi connectivity index (χ0) is 31.6. The molecule has 0 bridgehead atoms. The number of rotatable bonds is 13. The van der Waals surface area contributed by atoms with Crippen LogP contribution >= 0.6 is 0 Å². The molecular formula is C29H38O10S3. The van der Waals surface area contributed by atoms with Crippen molar-refractivity contribution in [3.8, 4) is 0 Å². The summed E-state index contributed by atoms with van der Waals surface area (Å²) < 4.78 is 86.6. The summed E-state index contributed by atoms with van der Waals surface area (Å²) in [5.74, 6) is 0. The number of hydrogen-bond acceptors (Lipinski definition) is 10. The minimum absolute atomic E-state index is 0.00607.